The summed E-state index contributed by atoms with van der Waals surface area (Å²) in [5, 5.41) is 12.0. The zero-order chi connectivity index (χ0) is 18.4. The lowest BCUT2D eigenvalue weighted by molar-refractivity contribution is -0.144. The maximum atomic E-state index is 12.4. The van der Waals surface area contributed by atoms with E-state index in [1.807, 2.05) is 0 Å². The highest BCUT2D eigenvalue weighted by Crippen LogP contribution is 2.38. The molecule has 2 unspecified atom stereocenters. The Morgan fingerprint density at radius 3 is 2.20 bits per heavy atom. The number of methoxy groups -OCH3 is 3. The topological polar surface area (TPSA) is 94.1 Å². The molecule has 0 radical (unpaired) electrons. The lowest BCUT2D eigenvalue weighted by atomic mass is 9.81. The van der Waals surface area contributed by atoms with Crippen molar-refractivity contribution in [1.29, 1.82) is 0 Å². The maximum absolute atomic E-state index is 12.4. The molecule has 2 atom stereocenters. The largest absolute Gasteiger partial charge is 0.493 e. The van der Waals surface area contributed by atoms with Gasteiger partial charge < -0.3 is 24.6 Å². The van der Waals surface area contributed by atoms with E-state index in [0.717, 1.165) is 18.4 Å². The van der Waals surface area contributed by atoms with E-state index in [9.17, 15) is 9.59 Å². The van der Waals surface area contributed by atoms with Gasteiger partial charge in [0.25, 0.3) is 0 Å². The van der Waals surface area contributed by atoms with Gasteiger partial charge in [0.15, 0.2) is 11.5 Å². The average molecular weight is 351 g/mol. The molecule has 0 aliphatic heterocycles. The van der Waals surface area contributed by atoms with Crippen molar-refractivity contribution >= 4 is 11.9 Å². The quantitative estimate of drug-likeness (QED) is 0.782. The first-order chi connectivity index (χ1) is 12.0. The van der Waals surface area contributed by atoms with Gasteiger partial charge in [0.1, 0.15) is 0 Å². The number of hydrogen-bond acceptors (Lipinski definition) is 5. The highest BCUT2D eigenvalue weighted by Gasteiger charge is 2.30. The first-order valence-corrected chi connectivity index (χ1v) is 8.29. The van der Waals surface area contributed by atoms with Crippen molar-refractivity contribution in [3.63, 3.8) is 0 Å². The minimum atomic E-state index is -0.817. The summed E-state index contributed by atoms with van der Waals surface area (Å²) in [5.41, 5.74) is 0.813. The third-order valence-electron chi connectivity index (χ3n) is 4.59. The molecule has 1 saturated carbocycles. The van der Waals surface area contributed by atoms with Crippen LogP contribution in [-0.2, 0) is 16.1 Å². The van der Waals surface area contributed by atoms with E-state index < -0.39 is 11.9 Å². The molecule has 0 aromatic heterocycles. The number of amides is 1. The summed E-state index contributed by atoms with van der Waals surface area (Å²) in [5.74, 6) is -0.0644. The molecular weight excluding hydrogens is 326 g/mol. The van der Waals surface area contributed by atoms with Crippen LogP contribution < -0.4 is 19.5 Å². The van der Waals surface area contributed by atoms with E-state index in [1.165, 1.54) is 21.3 Å². The Kier molecular flexibility index (Phi) is 6.50. The molecule has 1 aliphatic carbocycles. The average Bonchev–Trinajstić information content (AvgIpc) is 2.64. The number of carboxylic acid groups (broad SMARTS) is 1. The van der Waals surface area contributed by atoms with Gasteiger partial charge in [-0.25, -0.2) is 0 Å². The standard InChI is InChI=1S/C18H25NO6/c1-23-14-7-11(8-15(24-2)16(14)25-3)10-19-17(20)12-5-4-6-13(9-12)18(21)22/h7-8,12-13H,4-6,9-10H2,1-3H3,(H,19,20)(H,21,22). The van der Waals surface area contributed by atoms with Crippen LogP contribution in [0.4, 0.5) is 0 Å². The lowest BCUT2D eigenvalue weighted by Crippen LogP contribution is -2.35. The number of nitrogens with one attached hydrogen (secondary N) is 1. The van der Waals surface area contributed by atoms with Crippen LogP contribution in [0, 0.1) is 11.8 Å². The van der Waals surface area contributed by atoms with Crippen LogP contribution in [0.2, 0.25) is 0 Å². The molecule has 0 saturated heterocycles. The molecule has 1 aliphatic rings. The predicted octanol–water partition coefficient (Wildman–Crippen LogP) is 2.22. The maximum Gasteiger partial charge on any atom is 0.306 e. The van der Waals surface area contributed by atoms with Gasteiger partial charge in [-0.3, -0.25) is 9.59 Å². The van der Waals surface area contributed by atoms with Crippen LogP contribution in [0.25, 0.3) is 0 Å². The Morgan fingerprint density at radius 1 is 1.08 bits per heavy atom. The van der Waals surface area contributed by atoms with Crippen LogP contribution >= 0.6 is 0 Å². The molecule has 0 spiro atoms. The third kappa shape index (κ3) is 4.55. The molecule has 0 bridgehead atoms. The van der Waals surface area contributed by atoms with Crippen LogP contribution in [0.3, 0.4) is 0 Å². The number of carboxylic acids is 1. The molecular formula is C18H25NO6. The van der Waals surface area contributed by atoms with Gasteiger partial charge in [-0.05, 0) is 37.0 Å². The van der Waals surface area contributed by atoms with Gasteiger partial charge >= 0.3 is 5.97 Å². The number of aliphatic carboxylic acids is 1. The zero-order valence-electron chi connectivity index (χ0n) is 14.8. The van der Waals surface area contributed by atoms with Crippen molar-refractivity contribution < 1.29 is 28.9 Å². The highest BCUT2D eigenvalue weighted by molar-refractivity contribution is 5.80. The normalized spacial score (nSPS) is 19.8. The molecule has 1 aromatic rings. The van der Waals surface area contributed by atoms with E-state index in [-0.39, 0.29) is 11.8 Å². The molecule has 0 heterocycles. The fraction of sp³-hybridized carbons (Fsp3) is 0.556. The summed E-state index contributed by atoms with van der Waals surface area (Å²) in [7, 11) is 4.60. The molecule has 1 amide bonds. The van der Waals surface area contributed by atoms with Crippen LogP contribution in [-0.4, -0.2) is 38.3 Å². The zero-order valence-corrected chi connectivity index (χ0v) is 14.8. The fourth-order valence-electron chi connectivity index (χ4n) is 3.22. The second-order valence-corrected chi connectivity index (χ2v) is 6.15. The van der Waals surface area contributed by atoms with E-state index in [0.29, 0.717) is 36.6 Å². The number of benzene rings is 1. The Balaban J connectivity index is 2.03. The monoisotopic (exact) mass is 351 g/mol. The first-order valence-electron chi connectivity index (χ1n) is 8.29. The van der Waals surface area contributed by atoms with Gasteiger partial charge in [-0.1, -0.05) is 6.42 Å². The molecule has 1 aromatic carbocycles. The van der Waals surface area contributed by atoms with Crippen LogP contribution in [0.15, 0.2) is 12.1 Å². The second kappa shape index (κ2) is 8.60. The number of hydrogen-bond donors (Lipinski definition) is 2. The number of carbonyl (C=O) groups excluding carboxylic acids is 1. The third-order valence-corrected chi connectivity index (χ3v) is 4.59. The summed E-state index contributed by atoms with van der Waals surface area (Å²) in [6.07, 6.45) is 2.53. The number of carbonyl (C=O) groups is 2. The molecule has 138 valence electrons. The van der Waals surface area contributed by atoms with Crippen molar-refractivity contribution in [2.24, 2.45) is 11.8 Å². The SMILES string of the molecule is COc1cc(CNC(=O)C2CCCC(C(=O)O)C2)cc(OC)c1OC. The Labute approximate surface area is 147 Å². The highest BCUT2D eigenvalue weighted by atomic mass is 16.5. The van der Waals surface area contributed by atoms with Crippen molar-refractivity contribution in [3.8, 4) is 17.2 Å². The first kappa shape index (κ1) is 18.9. The van der Waals surface area contributed by atoms with Crippen molar-refractivity contribution in [3.05, 3.63) is 17.7 Å². The second-order valence-electron chi connectivity index (χ2n) is 6.15. The van der Waals surface area contributed by atoms with Crippen LogP contribution in [0.5, 0.6) is 17.2 Å². The molecule has 7 nitrogen and oxygen atoms in total. The molecule has 1 fully saturated rings. The van der Waals surface area contributed by atoms with Gasteiger partial charge in [0, 0.05) is 12.5 Å². The number of ether oxygens (including phenoxy) is 3. The lowest BCUT2D eigenvalue weighted by Gasteiger charge is -2.25. The Bertz CT molecular complexity index is 605. The van der Waals surface area contributed by atoms with Crippen molar-refractivity contribution in [2.75, 3.05) is 21.3 Å². The molecule has 2 rings (SSSR count). The summed E-state index contributed by atoms with van der Waals surface area (Å²) < 4.78 is 15.9. The van der Waals surface area contributed by atoms with E-state index in [4.69, 9.17) is 19.3 Å². The summed E-state index contributed by atoms with van der Waals surface area (Å²) in [4.78, 5) is 23.5. The smallest absolute Gasteiger partial charge is 0.306 e. The fourth-order valence-corrected chi connectivity index (χ4v) is 3.22. The van der Waals surface area contributed by atoms with Crippen LogP contribution in [0.1, 0.15) is 31.2 Å². The van der Waals surface area contributed by atoms with Gasteiger partial charge in [-0.2, -0.15) is 0 Å². The summed E-state index contributed by atoms with van der Waals surface area (Å²) in [6.45, 7) is 0.309. The van der Waals surface area contributed by atoms with Gasteiger partial charge in [0.2, 0.25) is 11.7 Å². The minimum Gasteiger partial charge on any atom is -0.493 e. The molecule has 25 heavy (non-hydrogen) atoms. The Hall–Kier alpha value is -2.44. The summed E-state index contributed by atoms with van der Waals surface area (Å²) >= 11 is 0. The number of rotatable bonds is 7. The molecule has 2 N–H and O–H groups in total. The van der Waals surface area contributed by atoms with E-state index in [1.54, 1.807) is 12.1 Å². The summed E-state index contributed by atoms with van der Waals surface area (Å²) in [6, 6.07) is 3.56. The predicted molar refractivity (Wildman–Crippen MR) is 91.0 cm³/mol. The molecule has 7 heteroatoms. The van der Waals surface area contributed by atoms with Crippen molar-refractivity contribution in [2.45, 2.75) is 32.2 Å². The Morgan fingerprint density at radius 2 is 1.68 bits per heavy atom. The van der Waals surface area contributed by atoms with Gasteiger partial charge in [0.05, 0.1) is 27.2 Å². The van der Waals surface area contributed by atoms with E-state index in [2.05, 4.69) is 5.32 Å². The van der Waals surface area contributed by atoms with Gasteiger partial charge in [-0.15, -0.1) is 0 Å². The minimum absolute atomic E-state index is 0.111. The van der Waals surface area contributed by atoms with E-state index >= 15 is 0 Å². The van der Waals surface area contributed by atoms with Crippen molar-refractivity contribution in [1.82, 2.24) is 5.32 Å².